The van der Waals surface area contributed by atoms with Gasteiger partial charge >= 0.3 is 0 Å². The molecule has 0 saturated carbocycles. The molecule has 0 saturated heterocycles. The van der Waals surface area contributed by atoms with Crippen LogP contribution in [0, 0.1) is 6.92 Å². The molecule has 0 fully saturated rings. The maximum absolute atomic E-state index is 13.1. The number of pyridine rings is 1. The van der Waals surface area contributed by atoms with Gasteiger partial charge in [-0.2, -0.15) is 0 Å². The van der Waals surface area contributed by atoms with E-state index in [0.29, 0.717) is 5.56 Å². The van der Waals surface area contributed by atoms with Gasteiger partial charge in [-0.15, -0.1) is 0 Å². The first-order chi connectivity index (χ1) is 11.3. The van der Waals surface area contributed by atoms with E-state index >= 15 is 0 Å². The largest absolute Gasteiger partial charge is 0.293 e. The summed E-state index contributed by atoms with van der Waals surface area (Å²) in [5, 5.41) is 0. The van der Waals surface area contributed by atoms with Gasteiger partial charge in [0.25, 0.3) is 0 Å². The van der Waals surface area contributed by atoms with Gasteiger partial charge in [0, 0.05) is 18.0 Å². The highest BCUT2D eigenvalue weighted by molar-refractivity contribution is 6.01. The van der Waals surface area contributed by atoms with Crippen LogP contribution >= 0.6 is 0 Å². The molecule has 1 aromatic heterocycles. The van der Waals surface area contributed by atoms with E-state index in [1.54, 1.807) is 12.4 Å². The average molecular weight is 300 g/mol. The van der Waals surface area contributed by atoms with Gasteiger partial charge < -0.3 is 0 Å². The molecule has 0 aliphatic heterocycles. The van der Waals surface area contributed by atoms with Crippen LogP contribution in [-0.4, -0.2) is 10.8 Å². The van der Waals surface area contributed by atoms with Crippen molar-refractivity contribution in [1.82, 2.24) is 4.98 Å². The van der Waals surface area contributed by atoms with Crippen molar-refractivity contribution in [3.8, 4) is 0 Å². The standard InChI is InChI=1S/C21H18NO/c1-16(17-12-14-22-15-13-17)20(18-8-4-2-5-9-18)21(23)19-10-6-3-7-11-19/h2-16,20H,1H2. The molecule has 2 atom stereocenters. The molecule has 2 nitrogen and oxygen atoms in total. The third-order valence-electron chi connectivity index (χ3n) is 4.04. The van der Waals surface area contributed by atoms with Gasteiger partial charge in [0.15, 0.2) is 5.78 Å². The molecule has 0 N–H and O–H groups in total. The summed E-state index contributed by atoms with van der Waals surface area (Å²) >= 11 is 0. The van der Waals surface area contributed by atoms with Gasteiger partial charge in [0.2, 0.25) is 0 Å². The summed E-state index contributed by atoms with van der Waals surface area (Å²) in [7, 11) is 0. The molecule has 2 aromatic carbocycles. The van der Waals surface area contributed by atoms with Crippen molar-refractivity contribution in [3.05, 3.63) is 109 Å². The fraction of sp³-hybridized carbons (Fsp3) is 0.0952. The summed E-state index contributed by atoms with van der Waals surface area (Å²) in [4.78, 5) is 17.2. The Morgan fingerprint density at radius 3 is 1.96 bits per heavy atom. The summed E-state index contributed by atoms with van der Waals surface area (Å²) in [6.45, 7) is 4.28. The van der Waals surface area contributed by atoms with Crippen molar-refractivity contribution in [3.63, 3.8) is 0 Å². The van der Waals surface area contributed by atoms with Crippen LogP contribution in [0.4, 0.5) is 0 Å². The van der Waals surface area contributed by atoms with Crippen molar-refractivity contribution in [2.24, 2.45) is 0 Å². The Morgan fingerprint density at radius 2 is 1.35 bits per heavy atom. The van der Waals surface area contributed by atoms with E-state index in [0.717, 1.165) is 11.1 Å². The van der Waals surface area contributed by atoms with Crippen LogP contribution < -0.4 is 0 Å². The minimum absolute atomic E-state index is 0.0913. The lowest BCUT2D eigenvalue weighted by Crippen LogP contribution is -2.19. The molecule has 23 heavy (non-hydrogen) atoms. The second kappa shape index (κ2) is 7.01. The number of rotatable bonds is 5. The number of hydrogen-bond acceptors (Lipinski definition) is 2. The van der Waals surface area contributed by atoms with Gasteiger partial charge in [-0.25, -0.2) is 0 Å². The number of carbonyl (C=O) groups excluding carboxylic acids is 1. The molecule has 1 radical (unpaired) electrons. The van der Waals surface area contributed by atoms with E-state index in [4.69, 9.17) is 0 Å². The Hall–Kier alpha value is -2.74. The highest BCUT2D eigenvalue weighted by atomic mass is 16.1. The average Bonchev–Trinajstić information content (AvgIpc) is 2.64. The summed E-state index contributed by atoms with van der Waals surface area (Å²) in [5.41, 5.74) is 2.71. The minimum Gasteiger partial charge on any atom is -0.293 e. The maximum atomic E-state index is 13.1. The summed E-state index contributed by atoms with van der Waals surface area (Å²) in [6, 6.07) is 23.1. The van der Waals surface area contributed by atoms with E-state index < -0.39 is 0 Å². The maximum Gasteiger partial charge on any atom is 0.170 e. The molecule has 0 amide bonds. The number of hydrogen-bond donors (Lipinski definition) is 0. The molecule has 3 aromatic rings. The van der Waals surface area contributed by atoms with Gasteiger partial charge in [-0.3, -0.25) is 9.78 Å². The van der Waals surface area contributed by atoms with E-state index in [9.17, 15) is 4.79 Å². The van der Waals surface area contributed by atoms with Crippen molar-refractivity contribution < 1.29 is 4.79 Å². The second-order valence-electron chi connectivity index (χ2n) is 5.51. The van der Waals surface area contributed by atoms with E-state index in [1.165, 1.54) is 0 Å². The molecule has 1 heterocycles. The third kappa shape index (κ3) is 3.37. The van der Waals surface area contributed by atoms with Gasteiger partial charge in [0.1, 0.15) is 0 Å². The van der Waals surface area contributed by atoms with E-state index in [1.807, 2.05) is 72.8 Å². The smallest absolute Gasteiger partial charge is 0.170 e. The number of nitrogens with zero attached hydrogens (tertiary/aromatic N) is 1. The fourth-order valence-electron chi connectivity index (χ4n) is 2.81. The van der Waals surface area contributed by atoms with Crippen molar-refractivity contribution in [1.29, 1.82) is 0 Å². The van der Waals surface area contributed by atoms with Crippen molar-refractivity contribution in [2.75, 3.05) is 0 Å². The lowest BCUT2D eigenvalue weighted by atomic mass is 9.78. The first-order valence-corrected chi connectivity index (χ1v) is 7.64. The SMILES string of the molecule is [CH2]C(c1ccncc1)C(C(=O)c1ccccc1)c1ccccc1. The zero-order valence-corrected chi connectivity index (χ0v) is 12.8. The Labute approximate surface area is 136 Å². The van der Waals surface area contributed by atoms with Crippen LogP contribution in [0.2, 0.25) is 0 Å². The fourth-order valence-corrected chi connectivity index (χ4v) is 2.81. The van der Waals surface area contributed by atoms with Gasteiger partial charge in [-0.1, -0.05) is 60.7 Å². The van der Waals surface area contributed by atoms with Crippen LogP contribution in [0.3, 0.4) is 0 Å². The normalized spacial score (nSPS) is 13.3. The lowest BCUT2D eigenvalue weighted by Gasteiger charge is -2.24. The first-order valence-electron chi connectivity index (χ1n) is 7.64. The molecule has 0 bridgehead atoms. The van der Waals surface area contributed by atoms with Crippen LogP contribution in [0.5, 0.6) is 0 Å². The summed E-state index contributed by atoms with van der Waals surface area (Å²) in [5.74, 6) is -0.400. The second-order valence-corrected chi connectivity index (χ2v) is 5.51. The van der Waals surface area contributed by atoms with Crippen LogP contribution in [0.1, 0.15) is 33.3 Å². The lowest BCUT2D eigenvalue weighted by molar-refractivity contribution is 0.0952. The minimum atomic E-state index is -0.319. The Kier molecular flexibility index (Phi) is 4.62. The Balaban J connectivity index is 2.03. The summed E-state index contributed by atoms with van der Waals surface area (Å²) in [6.07, 6.45) is 3.48. The molecule has 0 spiro atoms. The van der Waals surface area contributed by atoms with E-state index in [-0.39, 0.29) is 17.6 Å². The summed E-state index contributed by atoms with van der Waals surface area (Å²) < 4.78 is 0. The Bertz CT molecular complexity index is 754. The van der Waals surface area contributed by atoms with Gasteiger partial charge in [0.05, 0.1) is 5.92 Å². The van der Waals surface area contributed by atoms with Crippen LogP contribution in [0.15, 0.2) is 85.2 Å². The van der Waals surface area contributed by atoms with Gasteiger partial charge in [-0.05, 0) is 36.1 Å². The molecular formula is C21H18NO. The third-order valence-corrected chi connectivity index (χ3v) is 4.04. The molecule has 2 unspecified atom stereocenters. The number of Topliss-reactive ketones (excluding diaryl/α,β-unsaturated/α-hetero) is 1. The monoisotopic (exact) mass is 300 g/mol. The zero-order chi connectivity index (χ0) is 16.1. The van der Waals surface area contributed by atoms with Crippen LogP contribution in [0.25, 0.3) is 0 Å². The number of ketones is 1. The van der Waals surface area contributed by atoms with Crippen molar-refractivity contribution >= 4 is 5.78 Å². The highest BCUT2D eigenvalue weighted by Gasteiger charge is 2.28. The predicted octanol–water partition coefficient (Wildman–Crippen LogP) is 4.67. The number of carbonyl (C=O) groups is 1. The quantitative estimate of drug-likeness (QED) is 0.641. The Morgan fingerprint density at radius 1 is 0.783 bits per heavy atom. The molecule has 0 aliphatic rings. The predicted molar refractivity (Wildman–Crippen MR) is 92.3 cm³/mol. The molecule has 2 heteroatoms. The molecule has 113 valence electrons. The van der Waals surface area contributed by atoms with E-state index in [2.05, 4.69) is 11.9 Å². The molecular weight excluding hydrogens is 282 g/mol. The first kappa shape index (κ1) is 15.2. The molecule has 0 aliphatic carbocycles. The topological polar surface area (TPSA) is 30.0 Å². The number of benzene rings is 2. The highest BCUT2D eigenvalue weighted by Crippen LogP contribution is 2.34. The van der Waals surface area contributed by atoms with Crippen LogP contribution in [-0.2, 0) is 0 Å². The van der Waals surface area contributed by atoms with Crippen molar-refractivity contribution in [2.45, 2.75) is 11.8 Å². The molecule has 3 rings (SSSR count). The zero-order valence-electron chi connectivity index (χ0n) is 12.8. The number of aromatic nitrogens is 1.